The van der Waals surface area contributed by atoms with E-state index in [4.69, 9.17) is 0 Å². The zero-order valence-electron chi connectivity index (χ0n) is 10.7. The molecular weight excluding hydrogens is 230 g/mol. The lowest BCUT2D eigenvalue weighted by molar-refractivity contribution is -0.508. The monoisotopic (exact) mass is 249 g/mol. The van der Waals surface area contributed by atoms with Gasteiger partial charge in [-0.3, -0.25) is 14.9 Å². The normalized spacial score (nSPS) is 12.1. The minimum absolute atomic E-state index is 0.238. The molecule has 0 bridgehead atoms. The molecule has 0 aliphatic carbocycles. The lowest BCUT2D eigenvalue weighted by atomic mass is 10.0. The molecule has 0 heterocycles. The Hall–Kier alpha value is -1.71. The second-order valence-corrected chi connectivity index (χ2v) is 4.40. The summed E-state index contributed by atoms with van der Waals surface area (Å²) in [6.07, 6.45) is 2.77. The highest BCUT2D eigenvalue weighted by atomic mass is 16.6. The van der Waals surface area contributed by atoms with Crippen LogP contribution in [0.5, 0.6) is 0 Å². The third-order valence-electron chi connectivity index (χ3n) is 2.92. The van der Waals surface area contributed by atoms with Crippen LogP contribution in [0.4, 0.5) is 0 Å². The smallest absolute Gasteiger partial charge is 0.270 e. The quantitative estimate of drug-likeness (QED) is 0.525. The largest absolute Gasteiger partial charge is 0.292 e. The van der Waals surface area contributed by atoms with E-state index in [9.17, 15) is 14.9 Å². The maximum Gasteiger partial charge on any atom is 0.270 e. The van der Waals surface area contributed by atoms with Gasteiger partial charge < -0.3 is 0 Å². The second-order valence-electron chi connectivity index (χ2n) is 4.40. The van der Waals surface area contributed by atoms with Crippen molar-refractivity contribution >= 4 is 5.78 Å². The third-order valence-corrected chi connectivity index (χ3v) is 2.92. The summed E-state index contributed by atoms with van der Waals surface area (Å²) >= 11 is 0. The molecule has 0 radical (unpaired) electrons. The molecule has 0 aliphatic heterocycles. The number of hydrogen-bond acceptors (Lipinski definition) is 3. The Morgan fingerprint density at radius 3 is 2.56 bits per heavy atom. The molecule has 0 N–H and O–H groups in total. The van der Waals surface area contributed by atoms with Crippen LogP contribution in [0.15, 0.2) is 30.3 Å². The van der Waals surface area contributed by atoms with Gasteiger partial charge in [0.15, 0.2) is 0 Å². The van der Waals surface area contributed by atoms with Crippen LogP contribution in [-0.4, -0.2) is 16.7 Å². The molecule has 0 aromatic heterocycles. The Labute approximate surface area is 107 Å². The van der Waals surface area contributed by atoms with Crippen LogP contribution in [0.25, 0.3) is 0 Å². The van der Waals surface area contributed by atoms with Crippen molar-refractivity contribution in [3.63, 3.8) is 0 Å². The molecule has 18 heavy (non-hydrogen) atoms. The fourth-order valence-corrected chi connectivity index (χ4v) is 1.94. The molecule has 1 aromatic rings. The minimum atomic E-state index is -1.01. The molecule has 0 saturated heterocycles. The van der Waals surface area contributed by atoms with Crippen molar-refractivity contribution in [3.8, 4) is 0 Å². The second kappa shape index (κ2) is 7.58. The SMILES string of the molecule is CCCC(C(=O)CCCc1ccccc1)[N+](=O)[O-]. The Balaban J connectivity index is 2.38. The fraction of sp³-hybridized carbons (Fsp3) is 0.500. The number of hydrogen-bond donors (Lipinski definition) is 0. The van der Waals surface area contributed by atoms with E-state index in [-0.39, 0.29) is 5.78 Å². The van der Waals surface area contributed by atoms with Crippen molar-refractivity contribution < 1.29 is 9.72 Å². The number of benzene rings is 1. The molecule has 1 atom stereocenters. The maximum atomic E-state index is 11.7. The molecule has 1 rings (SSSR count). The molecule has 0 saturated carbocycles. The van der Waals surface area contributed by atoms with Crippen molar-refractivity contribution in [2.75, 3.05) is 0 Å². The van der Waals surface area contributed by atoms with Gasteiger partial charge in [0.1, 0.15) is 0 Å². The van der Waals surface area contributed by atoms with Gasteiger partial charge in [-0.15, -0.1) is 0 Å². The van der Waals surface area contributed by atoms with Crippen LogP contribution < -0.4 is 0 Å². The number of carbonyl (C=O) groups is 1. The highest BCUT2D eigenvalue weighted by Gasteiger charge is 2.27. The zero-order valence-corrected chi connectivity index (χ0v) is 10.7. The number of nitro groups is 1. The highest BCUT2D eigenvalue weighted by Crippen LogP contribution is 2.10. The molecule has 0 aliphatic rings. The predicted octanol–water partition coefficient (Wildman–Crippen LogP) is 3.02. The summed E-state index contributed by atoms with van der Waals surface area (Å²) in [4.78, 5) is 22.0. The van der Waals surface area contributed by atoms with E-state index in [1.54, 1.807) is 0 Å². The molecule has 0 amide bonds. The van der Waals surface area contributed by atoms with Crippen molar-refractivity contribution in [3.05, 3.63) is 46.0 Å². The minimum Gasteiger partial charge on any atom is -0.292 e. The Morgan fingerprint density at radius 1 is 1.33 bits per heavy atom. The molecular formula is C14H19NO3. The van der Waals surface area contributed by atoms with E-state index < -0.39 is 11.0 Å². The van der Waals surface area contributed by atoms with Gasteiger partial charge in [-0.25, -0.2) is 0 Å². The molecule has 98 valence electrons. The van der Waals surface area contributed by atoms with Crippen molar-refractivity contribution in [1.29, 1.82) is 0 Å². The molecule has 4 heteroatoms. The van der Waals surface area contributed by atoms with Gasteiger partial charge >= 0.3 is 0 Å². The first-order valence-electron chi connectivity index (χ1n) is 6.35. The van der Waals surface area contributed by atoms with Gasteiger partial charge in [0.25, 0.3) is 6.04 Å². The van der Waals surface area contributed by atoms with Crippen molar-refractivity contribution in [1.82, 2.24) is 0 Å². The van der Waals surface area contributed by atoms with Crippen LogP contribution >= 0.6 is 0 Å². The zero-order chi connectivity index (χ0) is 13.4. The lowest BCUT2D eigenvalue weighted by Gasteiger charge is -2.07. The number of ketones is 1. The van der Waals surface area contributed by atoms with Crippen LogP contribution in [0, 0.1) is 10.1 Å². The number of rotatable bonds is 8. The Kier molecular flexibility index (Phi) is 6.05. The summed E-state index contributed by atoms with van der Waals surface area (Å²) in [6, 6.07) is 8.84. The number of Topliss-reactive ketones (excluding diaryl/α,β-unsaturated/α-hetero) is 1. The van der Waals surface area contributed by atoms with E-state index >= 15 is 0 Å². The van der Waals surface area contributed by atoms with Gasteiger partial charge in [0.2, 0.25) is 5.78 Å². The average molecular weight is 249 g/mol. The summed E-state index contributed by atoms with van der Waals surface area (Å²) in [5.41, 5.74) is 1.17. The maximum absolute atomic E-state index is 11.7. The Bertz CT molecular complexity index is 389. The number of carbonyl (C=O) groups excluding carboxylic acids is 1. The van der Waals surface area contributed by atoms with Crippen molar-refractivity contribution in [2.24, 2.45) is 0 Å². The summed E-state index contributed by atoms with van der Waals surface area (Å²) < 4.78 is 0. The van der Waals surface area contributed by atoms with E-state index in [2.05, 4.69) is 0 Å². The van der Waals surface area contributed by atoms with Gasteiger partial charge in [-0.1, -0.05) is 37.3 Å². The van der Waals surface area contributed by atoms with Crippen LogP contribution in [0.1, 0.15) is 38.2 Å². The van der Waals surface area contributed by atoms with E-state index in [1.165, 1.54) is 5.56 Å². The Morgan fingerprint density at radius 2 is 2.00 bits per heavy atom. The topological polar surface area (TPSA) is 60.2 Å². The molecule has 1 aromatic carbocycles. The summed E-state index contributed by atoms with van der Waals surface area (Å²) in [6.45, 7) is 1.85. The lowest BCUT2D eigenvalue weighted by Crippen LogP contribution is -2.29. The molecule has 0 fully saturated rings. The summed E-state index contributed by atoms with van der Waals surface area (Å²) in [5, 5.41) is 10.7. The first kappa shape index (κ1) is 14.4. The molecule has 0 spiro atoms. The van der Waals surface area contributed by atoms with Crippen LogP contribution in [0.2, 0.25) is 0 Å². The van der Waals surface area contributed by atoms with Crippen LogP contribution in [-0.2, 0) is 11.2 Å². The first-order valence-corrected chi connectivity index (χ1v) is 6.35. The van der Waals surface area contributed by atoms with E-state index in [0.717, 1.165) is 6.42 Å². The first-order chi connectivity index (χ1) is 8.65. The van der Waals surface area contributed by atoms with Gasteiger partial charge in [-0.2, -0.15) is 0 Å². The van der Waals surface area contributed by atoms with E-state index in [0.29, 0.717) is 25.7 Å². The highest BCUT2D eigenvalue weighted by molar-refractivity contribution is 5.82. The number of aryl methyl sites for hydroxylation is 1. The van der Waals surface area contributed by atoms with Gasteiger partial charge in [0.05, 0.1) is 0 Å². The summed E-state index contributed by atoms with van der Waals surface area (Å²) in [5.74, 6) is -0.238. The number of nitrogens with zero attached hydrogens (tertiary/aromatic N) is 1. The summed E-state index contributed by atoms with van der Waals surface area (Å²) in [7, 11) is 0. The predicted molar refractivity (Wildman–Crippen MR) is 70.1 cm³/mol. The van der Waals surface area contributed by atoms with E-state index in [1.807, 2.05) is 37.3 Å². The third kappa shape index (κ3) is 4.65. The average Bonchev–Trinajstić information content (AvgIpc) is 2.36. The van der Waals surface area contributed by atoms with Gasteiger partial charge in [0, 0.05) is 17.8 Å². The van der Waals surface area contributed by atoms with Crippen LogP contribution in [0.3, 0.4) is 0 Å². The van der Waals surface area contributed by atoms with Crippen molar-refractivity contribution in [2.45, 2.75) is 45.1 Å². The standard InChI is InChI=1S/C14H19NO3/c1-2-7-13(15(17)18)14(16)11-6-10-12-8-4-3-5-9-12/h3-5,8-9,13H,2,6-7,10-11H2,1H3. The fourth-order valence-electron chi connectivity index (χ4n) is 1.94. The molecule has 1 unspecified atom stereocenters. The molecule has 4 nitrogen and oxygen atoms in total. The van der Waals surface area contributed by atoms with Gasteiger partial charge in [-0.05, 0) is 24.8 Å².